The average molecular weight is 272 g/mol. The van der Waals surface area contributed by atoms with E-state index >= 15 is 0 Å². The molecule has 0 amide bonds. The van der Waals surface area contributed by atoms with Crippen LogP contribution in [-0.4, -0.2) is 14.9 Å². The third-order valence-corrected chi connectivity index (χ3v) is 3.52. The third-order valence-electron chi connectivity index (χ3n) is 2.64. The van der Waals surface area contributed by atoms with Gasteiger partial charge in [0.1, 0.15) is 5.69 Å². The number of nitrogens with two attached hydrogens (primary N) is 1. The molecule has 3 aromatic rings. The highest BCUT2D eigenvalue weighted by Gasteiger charge is 2.12. The van der Waals surface area contributed by atoms with E-state index in [2.05, 4.69) is 9.97 Å². The van der Waals surface area contributed by atoms with Gasteiger partial charge in [0.2, 0.25) is 0 Å². The molecular formula is C12H8N4O2S. The lowest BCUT2D eigenvalue weighted by Crippen LogP contribution is -1.98. The lowest BCUT2D eigenvalue weighted by molar-refractivity contribution is -0.384. The van der Waals surface area contributed by atoms with Crippen LogP contribution in [0.25, 0.3) is 21.6 Å². The molecule has 3 rings (SSSR count). The minimum atomic E-state index is -0.456. The van der Waals surface area contributed by atoms with Gasteiger partial charge in [-0.3, -0.25) is 10.1 Å². The second kappa shape index (κ2) is 4.29. The predicted molar refractivity (Wildman–Crippen MR) is 73.9 cm³/mol. The van der Waals surface area contributed by atoms with Gasteiger partial charge in [0, 0.05) is 12.1 Å². The van der Waals surface area contributed by atoms with E-state index in [1.54, 1.807) is 6.07 Å². The molecule has 94 valence electrons. The smallest absolute Gasteiger partial charge is 0.271 e. The fraction of sp³-hybridized carbons (Fsp3) is 0. The van der Waals surface area contributed by atoms with E-state index in [0.717, 1.165) is 4.88 Å². The number of anilines is 1. The summed E-state index contributed by atoms with van der Waals surface area (Å²) in [5, 5.41) is 12.7. The maximum absolute atomic E-state index is 10.8. The summed E-state index contributed by atoms with van der Waals surface area (Å²) in [7, 11) is 0. The summed E-state index contributed by atoms with van der Waals surface area (Å²) < 4.78 is 0. The summed E-state index contributed by atoms with van der Waals surface area (Å²) in [6, 6.07) is 8.11. The molecule has 19 heavy (non-hydrogen) atoms. The van der Waals surface area contributed by atoms with Crippen molar-refractivity contribution >= 4 is 33.9 Å². The Morgan fingerprint density at radius 2 is 2.05 bits per heavy atom. The molecule has 0 radical (unpaired) electrons. The van der Waals surface area contributed by atoms with Gasteiger partial charge in [-0.1, -0.05) is 6.07 Å². The Balaban J connectivity index is 2.25. The van der Waals surface area contributed by atoms with Crippen LogP contribution >= 0.6 is 11.3 Å². The highest BCUT2D eigenvalue weighted by atomic mass is 32.1. The summed E-state index contributed by atoms with van der Waals surface area (Å²) >= 11 is 1.49. The molecule has 2 N–H and O–H groups in total. The number of non-ortho nitro benzene ring substituents is 1. The van der Waals surface area contributed by atoms with Crippen LogP contribution < -0.4 is 5.73 Å². The van der Waals surface area contributed by atoms with Crippen molar-refractivity contribution in [2.45, 2.75) is 0 Å². The van der Waals surface area contributed by atoms with Gasteiger partial charge in [0.25, 0.3) is 5.69 Å². The largest absolute Gasteiger partial charge is 0.382 e. The Morgan fingerprint density at radius 3 is 2.74 bits per heavy atom. The Bertz CT molecular complexity index is 771. The van der Waals surface area contributed by atoms with Crippen LogP contribution in [0.1, 0.15) is 0 Å². The molecular weight excluding hydrogens is 264 g/mol. The van der Waals surface area contributed by atoms with Crippen molar-refractivity contribution in [2.24, 2.45) is 0 Å². The van der Waals surface area contributed by atoms with Crippen LogP contribution in [0.3, 0.4) is 0 Å². The molecule has 0 unspecified atom stereocenters. The van der Waals surface area contributed by atoms with E-state index in [4.69, 9.17) is 5.73 Å². The van der Waals surface area contributed by atoms with Gasteiger partial charge < -0.3 is 5.73 Å². The van der Waals surface area contributed by atoms with Crippen LogP contribution in [0, 0.1) is 10.1 Å². The van der Waals surface area contributed by atoms with Crippen molar-refractivity contribution in [1.29, 1.82) is 0 Å². The lowest BCUT2D eigenvalue weighted by Gasteiger charge is -2.04. The number of nitro benzene ring substituents is 1. The lowest BCUT2D eigenvalue weighted by atomic mass is 10.2. The van der Waals surface area contributed by atoms with Crippen LogP contribution in [0.5, 0.6) is 0 Å². The van der Waals surface area contributed by atoms with Crippen molar-refractivity contribution < 1.29 is 4.92 Å². The molecule has 0 bridgehead atoms. The molecule has 0 aliphatic rings. The average Bonchev–Trinajstić information content (AvgIpc) is 2.91. The SMILES string of the molecule is Nc1nc2ccc([N+](=O)[O-])cc2nc1-c1cccs1. The monoisotopic (exact) mass is 272 g/mol. The van der Waals surface area contributed by atoms with Crippen molar-refractivity contribution in [3.63, 3.8) is 0 Å². The second-order valence-corrected chi connectivity index (χ2v) is 4.81. The highest BCUT2D eigenvalue weighted by Crippen LogP contribution is 2.29. The molecule has 7 heteroatoms. The molecule has 0 saturated carbocycles. The Labute approximate surface area is 111 Å². The van der Waals surface area contributed by atoms with Gasteiger partial charge >= 0.3 is 0 Å². The van der Waals surface area contributed by atoms with E-state index in [9.17, 15) is 10.1 Å². The van der Waals surface area contributed by atoms with Gasteiger partial charge in [-0.2, -0.15) is 0 Å². The number of rotatable bonds is 2. The molecule has 0 saturated heterocycles. The van der Waals surface area contributed by atoms with Crippen molar-refractivity contribution in [3.8, 4) is 10.6 Å². The molecule has 0 spiro atoms. The van der Waals surface area contributed by atoms with Gasteiger partial charge in [-0.15, -0.1) is 11.3 Å². The molecule has 1 aromatic carbocycles. The maximum Gasteiger partial charge on any atom is 0.271 e. The molecule has 2 heterocycles. The van der Waals surface area contributed by atoms with Gasteiger partial charge in [0.15, 0.2) is 5.82 Å². The van der Waals surface area contributed by atoms with Crippen LogP contribution in [-0.2, 0) is 0 Å². The Hall–Kier alpha value is -2.54. The normalized spacial score (nSPS) is 10.7. The maximum atomic E-state index is 10.8. The highest BCUT2D eigenvalue weighted by molar-refractivity contribution is 7.13. The second-order valence-electron chi connectivity index (χ2n) is 3.86. The summed E-state index contributed by atoms with van der Waals surface area (Å²) in [5.41, 5.74) is 7.43. The number of nitrogen functional groups attached to an aromatic ring is 1. The third kappa shape index (κ3) is 2.00. The predicted octanol–water partition coefficient (Wildman–Crippen LogP) is 2.85. The number of nitrogens with zero attached hydrogens (tertiary/aromatic N) is 3. The number of hydrogen-bond donors (Lipinski definition) is 1. The van der Waals surface area contributed by atoms with Gasteiger partial charge in [-0.05, 0) is 17.5 Å². The summed E-state index contributed by atoms with van der Waals surface area (Å²) in [5.74, 6) is 0.323. The molecule has 0 atom stereocenters. The minimum Gasteiger partial charge on any atom is -0.382 e. The topological polar surface area (TPSA) is 94.9 Å². The Morgan fingerprint density at radius 1 is 1.21 bits per heavy atom. The zero-order valence-electron chi connectivity index (χ0n) is 9.61. The fourth-order valence-electron chi connectivity index (χ4n) is 1.76. The van der Waals surface area contributed by atoms with Crippen molar-refractivity contribution in [2.75, 3.05) is 5.73 Å². The zero-order chi connectivity index (χ0) is 13.4. The first-order valence-electron chi connectivity index (χ1n) is 5.41. The van der Waals surface area contributed by atoms with E-state index in [0.29, 0.717) is 22.5 Å². The van der Waals surface area contributed by atoms with E-state index < -0.39 is 4.92 Å². The van der Waals surface area contributed by atoms with Crippen molar-refractivity contribution in [3.05, 3.63) is 45.8 Å². The van der Waals surface area contributed by atoms with Crippen LogP contribution in [0.15, 0.2) is 35.7 Å². The quantitative estimate of drug-likeness (QED) is 0.571. The standard InChI is InChI=1S/C12H8N4O2S/c13-12-11(10-2-1-5-19-10)14-9-6-7(16(17)18)3-4-8(9)15-12/h1-6H,(H2,13,15). The summed E-state index contributed by atoms with van der Waals surface area (Å²) in [6.45, 7) is 0. The molecule has 0 fully saturated rings. The number of benzene rings is 1. The molecule has 6 nitrogen and oxygen atoms in total. The zero-order valence-corrected chi connectivity index (χ0v) is 10.4. The number of fused-ring (bicyclic) bond motifs is 1. The van der Waals surface area contributed by atoms with E-state index in [1.165, 1.54) is 23.5 Å². The minimum absolute atomic E-state index is 0.0105. The van der Waals surface area contributed by atoms with Gasteiger partial charge in [0.05, 0.1) is 20.8 Å². The fourth-order valence-corrected chi connectivity index (χ4v) is 2.49. The number of aromatic nitrogens is 2. The molecule has 0 aliphatic heterocycles. The molecule has 0 aliphatic carbocycles. The van der Waals surface area contributed by atoms with Gasteiger partial charge in [-0.25, -0.2) is 9.97 Å². The first-order chi connectivity index (χ1) is 9.15. The Kier molecular flexibility index (Phi) is 2.60. The number of hydrogen-bond acceptors (Lipinski definition) is 6. The number of thiophene rings is 1. The van der Waals surface area contributed by atoms with Crippen LogP contribution in [0.2, 0.25) is 0 Å². The van der Waals surface area contributed by atoms with Crippen molar-refractivity contribution in [1.82, 2.24) is 9.97 Å². The summed E-state index contributed by atoms with van der Waals surface area (Å²) in [4.78, 5) is 19.8. The van der Waals surface area contributed by atoms with E-state index in [-0.39, 0.29) is 5.69 Å². The molecule has 2 aromatic heterocycles. The first kappa shape index (κ1) is 11.5. The summed E-state index contributed by atoms with van der Waals surface area (Å²) in [6.07, 6.45) is 0. The van der Waals surface area contributed by atoms with Crippen LogP contribution in [0.4, 0.5) is 11.5 Å². The first-order valence-corrected chi connectivity index (χ1v) is 6.28. The number of nitro groups is 1. The van der Waals surface area contributed by atoms with E-state index in [1.807, 2.05) is 17.5 Å².